The smallest absolute Gasteiger partial charge is 0.414 e. The maximum atomic E-state index is 12.0. The lowest BCUT2D eigenvalue weighted by Crippen LogP contribution is -2.33. The van der Waals surface area contributed by atoms with Crippen LogP contribution in [0.1, 0.15) is 51.0 Å². The van der Waals surface area contributed by atoms with Crippen LogP contribution in [0.5, 0.6) is 11.6 Å². The van der Waals surface area contributed by atoms with E-state index in [0.717, 1.165) is 24.8 Å². The Labute approximate surface area is 177 Å². The van der Waals surface area contributed by atoms with Gasteiger partial charge in [0.05, 0.1) is 6.61 Å². The number of amides is 1. The Balaban J connectivity index is 1.67. The minimum Gasteiger partial charge on any atom is -0.483 e. The van der Waals surface area contributed by atoms with Gasteiger partial charge in [0, 0.05) is 6.20 Å². The Kier molecular flexibility index (Phi) is 10.8. The van der Waals surface area contributed by atoms with Crippen molar-refractivity contribution in [2.45, 2.75) is 52.1 Å². The Morgan fingerprint density at radius 3 is 2.53 bits per heavy atom. The summed E-state index contributed by atoms with van der Waals surface area (Å²) in [5, 5.41) is 2.37. The molecule has 0 bridgehead atoms. The quantitative estimate of drug-likeness (QED) is 0.379. The Hall–Kier alpha value is -3.09. The zero-order valence-electron chi connectivity index (χ0n) is 17.5. The molecule has 1 aromatic heterocycles. The largest absolute Gasteiger partial charge is 0.483 e. The highest BCUT2D eigenvalue weighted by atomic mass is 16.6. The summed E-state index contributed by atoms with van der Waals surface area (Å²) in [6.45, 7) is 2.59. The van der Waals surface area contributed by atoms with Gasteiger partial charge in [0.2, 0.25) is 0 Å². The number of ether oxygens (including phenoxy) is 3. The number of esters is 1. The van der Waals surface area contributed by atoms with Crippen molar-refractivity contribution in [2.24, 2.45) is 0 Å². The van der Waals surface area contributed by atoms with Gasteiger partial charge in [0.1, 0.15) is 13.2 Å². The number of hydrogen-bond acceptors (Lipinski definition) is 6. The molecular formula is C23H30N2O5. The molecule has 0 aliphatic carbocycles. The highest BCUT2D eigenvalue weighted by molar-refractivity contribution is 5.78. The van der Waals surface area contributed by atoms with Crippen molar-refractivity contribution in [1.82, 2.24) is 10.3 Å². The zero-order valence-corrected chi connectivity index (χ0v) is 17.5. The van der Waals surface area contributed by atoms with E-state index in [9.17, 15) is 9.59 Å². The van der Waals surface area contributed by atoms with Gasteiger partial charge in [-0.2, -0.15) is 0 Å². The number of aromatic nitrogens is 1. The second-order valence-corrected chi connectivity index (χ2v) is 6.81. The summed E-state index contributed by atoms with van der Waals surface area (Å²) in [5.41, 5.74) is 0.977. The summed E-state index contributed by atoms with van der Waals surface area (Å²) in [6.07, 6.45) is 7.36. The molecule has 2 rings (SSSR count). The van der Waals surface area contributed by atoms with Gasteiger partial charge in [-0.3, -0.25) is 4.79 Å². The molecule has 1 aromatic carbocycles. The van der Waals surface area contributed by atoms with E-state index in [-0.39, 0.29) is 12.4 Å². The molecule has 7 heteroatoms. The number of carbonyl (C=O) groups is 2. The van der Waals surface area contributed by atoms with Crippen molar-refractivity contribution >= 4 is 12.1 Å². The van der Waals surface area contributed by atoms with Gasteiger partial charge in [-0.15, -0.1) is 0 Å². The summed E-state index contributed by atoms with van der Waals surface area (Å²) < 4.78 is 16.0. The van der Waals surface area contributed by atoms with Crippen LogP contribution in [-0.2, 0) is 16.1 Å². The van der Waals surface area contributed by atoms with Gasteiger partial charge < -0.3 is 19.5 Å². The Morgan fingerprint density at radius 2 is 1.73 bits per heavy atom. The molecule has 1 N–H and O–H groups in total. The van der Waals surface area contributed by atoms with Crippen molar-refractivity contribution in [1.29, 1.82) is 0 Å². The molecule has 0 spiro atoms. The van der Waals surface area contributed by atoms with E-state index in [4.69, 9.17) is 14.2 Å². The fraction of sp³-hybridized carbons (Fsp3) is 0.435. The summed E-state index contributed by atoms with van der Waals surface area (Å²) >= 11 is 0. The number of nitrogens with one attached hydrogen (secondary N) is 1. The van der Waals surface area contributed by atoms with E-state index >= 15 is 0 Å². The number of carbonyl (C=O) groups excluding carboxylic acids is 2. The highest BCUT2D eigenvalue weighted by Crippen LogP contribution is 2.24. The second kappa shape index (κ2) is 14.0. The molecule has 0 saturated heterocycles. The third-order valence-electron chi connectivity index (χ3n) is 4.30. The number of unbranched alkanes of at least 4 members (excludes halogenated alkanes) is 5. The first-order chi connectivity index (χ1) is 14.7. The molecule has 0 radical (unpaired) electrons. The van der Waals surface area contributed by atoms with Crippen LogP contribution < -0.4 is 14.8 Å². The molecule has 7 nitrogen and oxygen atoms in total. The molecule has 1 amide bonds. The molecule has 30 heavy (non-hydrogen) atoms. The SMILES string of the molecule is CCCCCCCCOC(=O)CNC(=O)Oc1ncccc1OCc1ccccc1. The summed E-state index contributed by atoms with van der Waals surface area (Å²) in [5.74, 6) is -0.129. The van der Waals surface area contributed by atoms with E-state index < -0.39 is 12.1 Å². The van der Waals surface area contributed by atoms with Gasteiger partial charge in [-0.1, -0.05) is 69.4 Å². The molecule has 0 atom stereocenters. The van der Waals surface area contributed by atoms with Gasteiger partial charge in [-0.05, 0) is 24.1 Å². The van der Waals surface area contributed by atoms with Gasteiger partial charge in [-0.25, -0.2) is 9.78 Å². The number of hydrogen-bond donors (Lipinski definition) is 1. The fourth-order valence-corrected chi connectivity index (χ4v) is 2.69. The first-order valence-electron chi connectivity index (χ1n) is 10.4. The average Bonchev–Trinajstić information content (AvgIpc) is 2.77. The minimum absolute atomic E-state index is 0.0337. The number of benzene rings is 1. The monoisotopic (exact) mass is 414 g/mol. The van der Waals surface area contributed by atoms with Crippen molar-refractivity contribution in [3.63, 3.8) is 0 Å². The third-order valence-corrected chi connectivity index (χ3v) is 4.30. The normalized spacial score (nSPS) is 10.3. The summed E-state index contributed by atoms with van der Waals surface area (Å²) in [7, 11) is 0. The number of pyridine rings is 1. The van der Waals surface area contributed by atoms with Gasteiger partial charge in [0.15, 0.2) is 5.75 Å². The van der Waals surface area contributed by atoms with Gasteiger partial charge in [0.25, 0.3) is 5.88 Å². The molecule has 0 aliphatic rings. The van der Waals surface area contributed by atoms with Crippen molar-refractivity contribution in [3.05, 3.63) is 54.2 Å². The molecule has 0 saturated carbocycles. The Morgan fingerprint density at radius 1 is 0.967 bits per heavy atom. The molecule has 0 unspecified atom stereocenters. The lowest BCUT2D eigenvalue weighted by atomic mass is 10.1. The van der Waals surface area contributed by atoms with Crippen LogP contribution >= 0.6 is 0 Å². The van der Waals surface area contributed by atoms with E-state index in [2.05, 4.69) is 17.2 Å². The predicted octanol–water partition coefficient (Wildman–Crippen LogP) is 4.65. The molecule has 162 valence electrons. The Bertz CT molecular complexity index is 767. The molecule has 0 fully saturated rings. The van der Waals surface area contributed by atoms with Gasteiger partial charge >= 0.3 is 12.1 Å². The van der Waals surface area contributed by atoms with E-state index in [0.29, 0.717) is 19.0 Å². The number of rotatable bonds is 13. The average molecular weight is 415 g/mol. The van der Waals surface area contributed by atoms with Crippen molar-refractivity contribution in [3.8, 4) is 11.6 Å². The van der Waals surface area contributed by atoms with E-state index in [1.54, 1.807) is 12.1 Å². The van der Waals surface area contributed by atoms with E-state index in [1.165, 1.54) is 25.5 Å². The van der Waals surface area contributed by atoms with E-state index in [1.807, 2.05) is 30.3 Å². The topological polar surface area (TPSA) is 86.8 Å². The van der Waals surface area contributed by atoms with Crippen LogP contribution in [0.3, 0.4) is 0 Å². The van der Waals surface area contributed by atoms with Crippen LogP contribution in [0.4, 0.5) is 4.79 Å². The minimum atomic E-state index is -0.797. The molecular weight excluding hydrogens is 384 g/mol. The lowest BCUT2D eigenvalue weighted by Gasteiger charge is -2.11. The van der Waals surface area contributed by atoms with Crippen LogP contribution in [0.2, 0.25) is 0 Å². The van der Waals surface area contributed by atoms with Crippen molar-refractivity contribution in [2.75, 3.05) is 13.2 Å². The molecule has 0 aliphatic heterocycles. The lowest BCUT2D eigenvalue weighted by molar-refractivity contribution is -0.142. The molecule has 2 aromatic rings. The fourth-order valence-electron chi connectivity index (χ4n) is 2.69. The summed E-state index contributed by atoms with van der Waals surface area (Å²) in [6, 6.07) is 13.0. The zero-order chi connectivity index (χ0) is 21.4. The first-order valence-corrected chi connectivity index (χ1v) is 10.4. The first kappa shape index (κ1) is 23.2. The highest BCUT2D eigenvalue weighted by Gasteiger charge is 2.13. The standard InChI is InChI=1S/C23H30N2O5/c1-2-3-4-5-6-10-16-28-21(26)17-25-23(27)30-22-20(14-11-15-24-22)29-18-19-12-8-7-9-13-19/h7-9,11-15H,2-6,10,16-18H2,1H3,(H,25,27). The van der Waals surface area contributed by atoms with Crippen LogP contribution in [-0.4, -0.2) is 30.2 Å². The second-order valence-electron chi connectivity index (χ2n) is 6.81. The van der Waals surface area contributed by atoms with Crippen LogP contribution in [0, 0.1) is 0 Å². The van der Waals surface area contributed by atoms with Crippen molar-refractivity contribution < 1.29 is 23.8 Å². The maximum Gasteiger partial charge on any atom is 0.414 e. The summed E-state index contributed by atoms with van der Waals surface area (Å²) in [4.78, 5) is 27.7. The maximum absolute atomic E-state index is 12.0. The number of nitrogens with zero attached hydrogens (tertiary/aromatic N) is 1. The van der Waals surface area contributed by atoms with Crippen LogP contribution in [0.15, 0.2) is 48.7 Å². The van der Waals surface area contributed by atoms with Crippen LogP contribution in [0.25, 0.3) is 0 Å². The predicted molar refractivity (Wildman–Crippen MR) is 113 cm³/mol. The molecule has 1 heterocycles. The third kappa shape index (κ3) is 9.41.